The van der Waals surface area contributed by atoms with Crippen molar-refractivity contribution in [1.82, 2.24) is 16.0 Å². The number of nitrogens with one attached hydrogen (secondary N) is 3. The zero-order valence-corrected chi connectivity index (χ0v) is 11.8. The quantitative estimate of drug-likeness (QED) is 0.432. The number of nitrogens with two attached hydrogens (primary N) is 2. The van der Waals surface area contributed by atoms with E-state index in [2.05, 4.69) is 41.7 Å². The maximum Gasteiger partial charge on any atom is 0.196 e. The van der Waals surface area contributed by atoms with E-state index in [0.717, 1.165) is 25.3 Å². The summed E-state index contributed by atoms with van der Waals surface area (Å²) in [7, 11) is 1.91. The van der Waals surface area contributed by atoms with Gasteiger partial charge in [-0.3, -0.25) is 0 Å². The highest BCUT2D eigenvalue weighted by atomic mass is 15.2. The van der Waals surface area contributed by atoms with Gasteiger partial charge >= 0.3 is 0 Å². The molecule has 104 valence electrons. The van der Waals surface area contributed by atoms with Crippen molar-refractivity contribution in [2.24, 2.45) is 21.9 Å². The molecule has 0 amide bonds. The van der Waals surface area contributed by atoms with Crippen LogP contribution in [0, 0.1) is 5.41 Å². The van der Waals surface area contributed by atoms with E-state index in [9.17, 15) is 0 Å². The number of guanidine groups is 1. The van der Waals surface area contributed by atoms with E-state index in [0.29, 0.717) is 5.96 Å². The fourth-order valence-electron chi connectivity index (χ4n) is 2.07. The molecule has 18 heavy (non-hydrogen) atoms. The van der Waals surface area contributed by atoms with Crippen LogP contribution in [-0.2, 0) is 0 Å². The van der Waals surface area contributed by atoms with Gasteiger partial charge < -0.3 is 27.4 Å². The van der Waals surface area contributed by atoms with Gasteiger partial charge in [-0.05, 0) is 25.0 Å². The zero-order chi connectivity index (χ0) is 13.8. The highest BCUT2D eigenvalue weighted by Gasteiger charge is 2.31. The average molecular weight is 254 g/mol. The van der Waals surface area contributed by atoms with E-state index < -0.39 is 5.66 Å². The minimum absolute atomic E-state index is 0.0858. The van der Waals surface area contributed by atoms with Gasteiger partial charge in [0.2, 0.25) is 0 Å². The molecule has 1 heterocycles. The molecule has 1 aliphatic heterocycles. The van der Waals surface area contributed by atoms with Crippen LogP contribution in [0.3, 0.4) is 0 Å². The number of hydrogen-bond donors (Lipinski definition) is 5. The summed E-state index contributed by atoms with van der Waals surface area (Å²) < 4.78 is 0. The fourth-order valence-corrected chi connectivity index (χ4v) is 2.07. The maximum absolute atomic E-state index is 6.29. The lowest BCUT2D eigenvalue weighted by Crippen LogP contribution is -2.51. The maximum atomic E-state index is 6.29. The molecule has 1 aliphatic rings. The molecule has 0 aliphatic carbocycles. The number of hydrogen-bond acceptors (Lipinski definition) is 6. The fraction of sp³-hybridized carbons (Fsp3) is 0.750. The summed E-state index contributed by atoms with van der Waals surface area (Å²) in [6, 6.07) is 0. The summed E-state index contributed by atoms with van der Waals surface area (Å²) in [5.41, 5.74) is 11.4. The predicted octanol–water partition coefficient (Wildman–Crippen LogP) is -0.354. The number of aliphatic imine (C=N–C) groups is 1. The van der Waals surface area contributed by atoms with Crippen molar-refractivity contribution in [2.75, 3.05) is 20.1 Å². The van der Waals surface area contributed by atoms with Crippen molar-refractivity contribution in [3.63, 3.8) is 0 Å². The molecule has 6 nitrogen and oxygen atoms in total. The normalized spacial score (nSPS) is 24.1. The summed E-state index contributed by atoms with van der Waals surface area (Å²) in [5, 5.41) is 9.29. The van der Waals surface area contributed by atoms with Gasteiger partial charge in [0.05, 0.1) is 0 Å². The Morgan fingerprint density at radius 2 is 2.06 bits per heavy atom. The summed E-state index contributed by atoms with van der Waals surface area (Å²) in [6.07, 6.45) is 2.64. The molecule has 1 rings (SSSR count). The molecule has 7 N–H and O–H groups in total. The predicted molar refractivity (Wildman–Crippen MR) is 75.8 cm³/mol. The van der Waals surface area contributed by atoms with Gasteiger partial charge in [0.1, 0.15) is 11.5 Å². The van der Waals surface area contributed by atoms with Gasteiger partial charge in [-0.2, -0.15) is 0 Å². The van der Waals surface area contributed by atoms with Gasteiger partial charge in [-0.1, -0.05) is 20.8 Å². The van der Waals surface area contributed by atoms with E-state index >= 15 is 0 Å². The van der Waals surface area contributed by atoms with Crippen LogP contribution >= 0.6 is 0 Å². The smallest absolute Gasteiger partial charge is 0.196 e. The highest BCUT2D eigenvalue weighted by molar-refractivity contribution is 5.81. The van der Waals surface area contributed by atoms with E-state index in [4.69, 9.17) is 11.5 Å². The first-order valence-electron chi connectivity index (χ1n) is 6.27. The monoisotopic (exact) mass is 254 g/mol. The van der Waals surface area contributed by atoms with Crippen LogP contribution in [-0.4, -0.2) is 31.8 Å². The molecule has 0 saturated heterocycles. The molecule has 0 fully saturated rings. The summed E-state index contributed by atoms with van der Waals surface area (Å²) in [5.74, 6) is 1.18. The van der Waals surface area contributed by atoms with Crippen LogP contribution in [0.25, 0.3) is 0 Å². The van der Waals surface area contributed by atoms with Crippen LogP contribution in [0.5, 0.6) is 0 Å². The Bertz CT molecular complexity index is 341. The van der Waals surface area contributed by atoms with Gasteiger partial charge in [0.25, 0.3) is 0 Å². The Morgan fingerprint density at radius 1 is 1.39 bits per heavy atom. The molecule has 1 unspecified atom stereocenters. The second-order valence-electron chi connectivity index (χ2n) is 5.94. The molecule has 0 aromatic carbocycles. The van der Waals surface area contributed by atoms with Crippen molar-refractivity contribution in [1.29, 1.82) is 0 Å². The lowest BCUT2D eigenvalue weighted by atomic mass is 9.84. The second-order valence-corrected chi connectivity index (χ2v) is 5.94. The second kappa shape index (κ2) is 5.58. The molecule has 0 aromatic heterocycles. The standard InChI is InChI=1S/C12H26N6/c1-11(2,3)8-12(14)7-9(16-6-5-15-4)17-10(13)18-12/h7,15-16H,5-6,8,14H2,1-4H3,(H3,13,17,18). The van der Waals surface area contributed by atoms with Crippen LogP contribution in [0.4, 0.5) is 0 Å². The molecule has 1 atom stereocenters. The lowest BCUT2D eigenvalue weighted by molar-refractivity contribution is 0.295. The molecule has 0 saturated carbocycles. The van der Waals surface area contributed by atoms with Crippen LogP contribution in [0.1, 0.15) is 27.2 Å². The number of rotatable bonds is 5. The van der Waals surface area contributed by atoms with Crippen molar-refractivity contribution in [3.8, 4) is 0 Å². The largest absolute Gasteiger partial charge is 0.370 e. The van der Waals surface area contributed by atoms with Gasteiger partial charge in [-0.15, -0.1) is 0 Å². The summed E-state index contributed by atoms with van der Waals surface area (Å²) >= 11 is 0. The third kappa shape index (κ3) is 4.93. The Hall–Kier alpha value is -1.27. The molecule has 0 aromatic rings. The Morgan fingerprint density at radius 3 is 2.61 bits per heavy atom. The summed E-state index contributed by atoms with van der Waals surface area (Å²) in [6.45, 7) is 8.08. The Kier molecular flexibility index (Phi) is 4.59. The summed E-state index contributed by atoms with van der Waals surface area (Å²) in [4.78, 5) is 4.31. The Balaban J connectivity index is 2.73. The minimum Gasteiger partial charge on any atom is -0.370 e. The SMILES string of the molecule is CNCCNC1=CC(N)(CC(C)(C)C)N=C(N)N1. The van der Waals surface area contributed by atoms with Crippen LogP contribution < -0.4 is 27.4 Å². The van der Waals surface area contributed by atoms with Gasteiger partial charge in [0.15, 0.2) is 5.96 Å². The van der Waals surface area contributed by atoms with Crippen LogP contribution in [0.15, 0.2) is 16.9 Å². The average Bonchev–Trinajstić information content (AvgIpc) is 2.12. The van der Waals surface area contributed by atoms with Crippen molar-refractivity contribution < 1.29 is 0 Å². The van der Waals surface area contributed by atoms with Crippen molar-refractivity contribution in [2.45, 2.75) is 32.9 Å². The highest BCUT2D eigenvalue weighted by Crippen LogP contribution is 2.28. The molecule has 6 heteroatoms. The zero-order valence-electron chi connectivity index (χ0n) is 11.8. The van der Waals surface area contributed by atoms with Crippen molar-refractivity contribution >= 4 is 5.96 Å². The first-order valence-corrected chi connectivity index (χ1v) is 6.27. The topological polar surface area (TPSA) is 100 Å². The van der Waals surface area contributed by atoms with Crippen molar-refractivity contribution in [3.05, 3.63) is 11.9 Å². The van der Waals surface area contributed by atoms with Gasteiger partial charge in [-0.25, -0.2) is 4.99 Å². The molecular formula is C12H26N6. The molecule has 0 bridgehead atoms. The Labute approximate surface area is 109 Å². The number of nitrogens with zero attached hydrogens (tertiary/aromatic N) is 1. The first-order chi connectivity index (χ1) is 8.24. The van der Waals surface area contributed by atoms with E-state index in [-0.39, 0.29) is 5.41 Å². The number of likely N-dealkylation sites (N-methyl/N-ethyl adjacent to an activating group) is 1. The minimum atomic E-state index is -0.741. The third-order valence-electron chi connectivity index (χ3n) is 2.49. The van der Waals surface area contributed by atoms with Crippen LogP contribution in [0.2, 0.25) is 0 Å². The van der Waals surface area contributed by atoms with E-state index in [1.165, 1.54) is 0 Å². The van der Waals surface area contributed by atoms with E-state index in [1.807, 2.05) is 13.1 Å². The third-order valence-corrected chi connectivity index (χ3v) is 2.49. The lowest BCUT2D eigenvalue weighted by Gasteiger charge is -2.33. The molecule has 0 radical (unpaired) electrons. The molecule has 0 spiro atoms. The van der Waals surface area contributed by atoms with E-state index in [1.54, 1.807) is 0 Å². The molecular weight excluding hydrogens is 228 g/mol. The first kappa shape index (κ1) is 14.8. The van der Waals surface area contributed by atoms with Gasteiger partial charge in [0, 0.05) is 13.1 Å².